The molecule has 0 bridgehead atoms. The van der Waals surface area contributed by atoms with Gasteiger partial charge in [0.05, 0.1) is 14.8 Å². The number of halogens is 2. The van der Waals surface area contributed by atoms with Gasteiger partial charge in [0, 0.05) is 6.07 Å². The Labute approximate surface area is 129 Å². The minimum atomic E-state index is -4.10. The topological polar surface area (TPSA) is 113 Å². The molecule has 0 aliphatic carbocycles. The third-order valence-corrected chi connectivity index (χ3v) is 3.78. The van der Waals surface area contributed by atoms with Crippen molar-refractivity contribution in [2.24, 2.45) is 5.14 Å². The first-order chi connectivity index (χ1) is 10.2. The number of nitrogens with zero attached hydrogens (tertiary/aromatic N) is 1. The van der Waals surface area contributed by atoms with Gasteiger partial charge >= 0.3 is 5.69 Å². The lowest BCUT2D eigenvalue weighted by atomic mass is 10.3. The zero-order chi connectivity index (χ0) is 16.5. The molecule has 2 aromatic rings. The van der Waals surface area contributed by atoms with Crippen LogP contribution in [0.5, 0.6) is 11.5 Å². The van der Waals surface area contributed by atoms with Gasteiger partial charge in [0.2, 0.25) is 15.8 Å². The van der Waals surface area contributed by atoms with Crippen LogP contribution in [0.25, 0.3) is 0 Å². The molecule has 0 amide bonds. The van der Waals surface area contributed by atoms with Crippen LogP contribution in [0, 0.1) is 15.9 Å². The molecule has 0 aliphatic rings. The van der Waals surface area contributed by atoms with Crippen molar-refractivity contribution in [1.29, 1.82) is 0 Å². The van der Waals surface area contributed by atoms with Gasteiger partial charge in [-0.2, -0.15) is 0 Å². The number of rotatable bonds is 4. The van der Waals surface area contributed by atoms with Gasteiger partial charge in [-0.1, -0.05) is 11.6 Å². The zero-order valence-electron chi connectivity index (χ0n) is 10.7. The highest BCUT2D eigenvalue weighted by atomic mass is 35.5. The third-order valence-electron chi connectivity index (χ3n) is 2.57. The van der Waals surface area contributed by atoms with Crippen LogP contribution in [-0.4, -0.2) is 13.3 Å². The summed E-state index contributed by atoms with van der Waals surface area (Å²) in [7, 11) is -4.10. The van der Waals surface area contributed by atoms with Crippen LogP contribution in [0.2, 0.25) is 5.02 Å². The second-order valence-electron chi connectivity index (χ2n) is 4.11. The summed E-state index contributed by atoms with van der Waals surface area (Å²) < 4.78 is 40.6. The molecule has 0 heterocycles. The Morgan fingerprint density at radius 2 is 1.82 bits per heavy atom. The molecular weight excluding hydrogens is 339 g/mol. The van der Waals surface area contributed by atoms with E-state index in [2.05, 4.69) is 0 Å². The molecule has 0 saturated heterocycles. The smallest absolute Gasteiger partial charge is 0.312 e. The molecule has 2 rings (SSSR count). The van der Waals surface area contributed by atoms with E-state index in [0.29, 0.717) is 0 Å². The Hall–Kier alpha value is -2.23. The van der Waals surface area contributed by atoms with E-state index in [1.807, 2.05) is 0 Å². The average molecular weight is 347 g/mol. The van der Waals surface area contributed by atoms with E-state index in [1.54, 1.807) is 0 Å². The number of sulfonamides is 1. The maximum absolute atomic E-state index is 12.9. The Morgan fingerprint density at radius 1 is 1.18 bits per heavy atom. The van der Waals surface area contributed by atoms with Gasteiger partial charge in [0.1, 0.15) is 11.6 Å². The van der Waals surface area contributed by atoms with Gasteiger partial charge in [-0.25, -0.2) is 17.9 Å². The quantitative estimate of drug-likeness (QED) is 0.675. The highest BCUT2D eigenvalue weighted by Gasteiger charge is 2.21. The molecule has 2 aromatic carbocycles. The monoisotopic (exact) mass is 346 g/mol. The van der Waals surface area contributed by atoms with Crippen molar-refractivity contribution in [3.63, 3.8) is 0 Å². The molecule has 0 saturated carbocycles. The molecule has 0 radical (unpaired) electrons. The normalized spacial score (nSPS) is 11.2. The summed E-state index contributed by atoms with van der Waals surface area (Å²) in [6.45, 7) is 0. The van der Waals surface area contributed by atoms with Crippen molar-refractivity contribution in [3.8, 4) is 11.5 Å². The second kappa shape index (κ2) is 5.87. The first-order valence-electron chi connectivity index (χ1n) is 5.62. The minimum Gasteiger partial charge on any atom is -0.449 e. The molecule has 7 nitrogen and oxygen atoms in total. The third kappa shape index (κ3) is 3.50. The van der Waals surface area contributed by atoms with E-state index in [0.717, 1.165) is 30.3 Å². The molecule has 116 valence electrons. The van der Waals surface area contributed by atoms with Crippen LogP contribution in [0.3, 0.4) is 0 Å². The molecule has 2 N–H and O–H groups in total. The Bertz CT molecular complexity index is 857. The number of nitro groups is 1. The van der Waals surface area contributed by atoms with E-state index in [-0.39, 0.29) is 16.5 Å². The molecule has 0 unspecified atom stereocenters. The van der Waals surface area contributed by atoms with E-state index >= 15 is 0 Å². The fourth-order valence-electron chi connectivity index (χ4n) is 1.58. The summed E-state index contributed by atoms with van der Waals surface area (Å²) in [6, 6.07) is 6.11. The first-order valence-corrected chi connectivity index (χ1v) is 7.55. The molecule has 0 fully saturated rings. The Balaban J connectivity index is 2.49. The summed E-state index contributed by atoms with van der Waals surface area (Å²) in [5.41, 5.74) is -0.619. The van der Waals surface area contributed by atoms with Crippen LogP contribution < -0.4 is 9.88 Å². The van der Waals surface area contributed by atoms with Gasteiger partial charge in [-0.15, -0.1) is 0 Å². The highest BCUT2D eigenvalue weighted by Crippen LogP contribution is 2.36. The molecule has 22 heavy (non-hydrogen) atoms. The summed E-state index contributed by atoms with van der Waals surface area (Å²) in [5.74, 6) is -0.878. The number of ether oxygens (including phenoxy) is 1. The van der Waals surface area contributed by atoms with Crippen LogP contribution in [0.4, 0.5) is 10.1 Å². The van der Waals surface area contributed by atoms with Crippen LogP contribution in [0.1, 0.15) is 0 Å². The van der Waals surface area contributed by atoms with E-state index in [1.165, 1.54) is 6.07 Å². The Kier molecular flexibility index (Phi) is 4.31. The van der Waals surface area contributed by atoms with E-state index < -0.39 is 31.3 Å². The second-order valence-corrected chi connectivity index (χ2v) is 6.08. The summed E-state index contributed by atoms with van der Waals surface area (Å²) >= 11 is 5.76. The van der Waals surface area contributed by atoms with E-state index in [9.17, 15) is 22.9 Å². The van der Waals surface area contributed by atoms with Crippen LogP contribution in [-0.2, 0) is 10.0 Å². The summed E-state index contributed by atoms with van der Waals surface area (Å²) in [4.78, 5) is 9.76. The predicted octanol–water partition coefficient (Wildman–Crippen LogP) is 2.83. The van der Waals surface area contributed by atoms with Gasteiger partial charge in [-0.05, 0) is 30.3 Å². The molecule has 0 spiro atoms. The average Bonchev–Trinajstić information content (AvgIpc) is 2.40. The van der Waals surface area contributed by atoms with Crippen molar-refractivity contribution in [3.05, 3.63) is 57.4 Å². The minimum absolute atomic E-state index is 0.0190. The van der Waals surface area contributed by atoms with Gasteiger partial charge in [0.25, 0.3) is 0 Å². The van der Waals surface area contributed by atoms with Crippen molar-refractivity contribution in [1.82, 2.24) is 0 Å². The number of nitro benzene ring substituents is 1. The molecule has 0 atom stereocenters. The van der Waals surface area contributed by atoms with E-state index in [4.69, 9.17) is 21.5 Å². The van der Waals surface area contributed by atoms with Gasteiger partial charge < -0.3 is 4.74 Å². The number of hydrogen-bond acceptors (Lipinski definition) is 5. The lowest BCUT2D eigenvalue weighted by Gasteiger charge is -2.08. The number of primary sulfonamides is 1. The molecule has 0 aromatic heterocycles. The number of hydrogen-bond donors (Lipinski definition) is 1. The van der Waals surface area contributed by atoms with Gasteiger partial charge in [-0.3, -0.25) is 10.1 Å². The number of benzene rings is 2. The van der Waals surface area contributed by atoms with Crippen molar-refractivity contribution in [2.75, 3.05) is 0 Å². The zero-order valence-corrected chi connectivity index (χ0v) is 12.3. The molecule has 10 heteroatoms. The maximum Gasteiger partial charge on any atom is 0.312 e. The molecular formula is C12H8ClFN2O5S. The van der Waals surface area contributed by atoms with Crippen molar-refractivity contribution < 1.29 is 22.5 Å². The van der Waals surface area contributed by atoms with Crippen LogP contribution >= 0.6 is 11.6 Å². The van der Waals surface area contributed by atoms with Gasteiger partial charge in [0.15, 0.2) is 0 Å². The fraction of sp³-hybridized carbons (Fsp3) is 0. The Morgan fingerprint density at radius 3 is 2.36 bits per heavy atom. The van der Waals surface area contributed by atoms with Crippen LogP contribution in [0.15, 0.2) is 41.3 Å². The fourth-order valence-corrected chi connectivity index (χ4v) is 2.32. The van der Waals surface area contributed by atoms with Crippen molar-refractivity contribution >= 4 is 27.3 Å². The lowest BCUT2D eigenvalue weighted by molar-refractivity contribution is -0.385. The maximum atomic E-state index is 12.9. The summed E-state index contributed by atoms with van der Waals surface area (Å²) in [5, 5.41) is 15.8. The largest absolute Gasteiger partial charge is 0.449 e. The number of nitrogens with two attached hydrogens (primary N) is 1. The predicted molar refractivity (Wildman–Crippen MR) is 76.0 cm³/mol. The standard InChI is InChI=1S/C12H8ClFN2O5S/c13-9-5-7(14)1-3-11(9)21-12-4-2-8(22(15,19)20)6-10(12)16(17)18/h1-6H,(H2,15,19,20). The SMILES string of the molecule is NS(=O)(=O)c1ccc(Oc2ccc(F)cc2Cl)c([N+](=O)[O-])c1. The lowest BCUT2D eigenvalue weighted by Crippen LogP contribution is -2.12. The molecule has 0 aliphatic heterocycles. The summed E-state index contributed by atoms with van der Waals surface area (Å²) in [6.07, 6.45) is 0. The first kappa shape index (κ1) is 16.1. The highest BCUT2D eigenvalue weighted by molar-refractivity contribution is 7.89. The van der Waals surface area contributed by atoms with Crippen molar-refractivity contribution in [2.45, 2.75) is 4.90 Å².